The summed E-state index contributed by atoms with van der Waals surface area (Å²) >= 11 is 0. The van der Waals surface area contributed by atoms with E-state index in [2.05, 4.69) is 34.6 Å². The van der Waals surface area contributed by atoms with E-state index in [1.54, 1.807) is 0 Å². The Kier molecular flexibility index (Phi) is 9.53. The molecule has 11 nitrogen and oxygen atoms in total. The number of aliphatic hydroxyl groups is 7. The molecule has 1 saturated heterocycles. The number of hydrogen-bond acceptors (Lipinski definition) is 11. The fourth-order valence-electron chi connectivity index (χ4n) is 13.3. The summed E-state index contributed by atoms with van der Waals surface area (Å²) in [6.45, 7) is 15.3. The van der Waals surface area contributed by atoms with Crippen molar-refractivity contribution in [2.75, 3.05) is 6.61 Å². The number of ether oxygens (including phenoxy) is 3. The highest BCUT2D eigenvalue weighted by molar-refractivity contribution is 5.65. The number of hydrogen-bond donors (Lipinski definition) is 7. The highest BCUT2D eigenvalue weighted by Gasteiger charge is 2.85. The summed E-state index contributed by atoms with van der Waals surface area (Å²) in [6.07, 6.45) is -2.27. The SMILES string of the molecule is CC(=O)OCC1OC(OC2CC3C(C)(C)C(O)CC[C@]3(C)C3CCC45CC4(CCC5[C@@H](C)CC(O)C(O)C(C)(C)O)[C@]23C)C(O)C(O)C1O. The predicted molar refractivity (Wildman–Crippen MR) is 179 cm³/mol. The van der Waals surface area contributed by atoms with Gasteiger partial charge in [-0.1, -0.05) is 34.6 Å². The molecule has 6 aliphatic rings. The van der Waals surface area contributed by atoms with Crippen LogP contribution >= 0.6 is 0 Å². The van der Waals surface area contributed by atoms with Crippen molar-refractivity contribution in [1.82, 2.24) is 0 Å². The number of carbonyl (C=O) groups is 1. The molecule has 14 unspecified atom stereocenters. The lowest BCUT2D eigenvalue weighted by atomic mass is 9.37. The molecule has 7 N–H and O–H groups in total. The Labute approximate surface area is 291 Å². The molecule has 0 amide bonds. The van der Waals surface area contributed by atoms with Crippen LogP contribution in [0, 0.1) is 50.7 Å². The van der Waals surface area contributed by atoms with Crippen molar-refractivity contribution in [2.45, 2.75) is 174 Å². The maximum absolute atomic E-state index is 11.6. The van der Waals surface area contributed by atoms with Crippen LogP contribution in [-0.4, -0.2) is 109 Å². The molecule has 0 bridgehead atoms. The predicted octanol–water partition coefficient (Wildman–Crippen LogP) is 2.67. The molecule has 1 heterocycles. The second-order valence-corrected chi connectivity index (χ2v) is 18.9. The lowest BCUT2D eigenvalue weighted by Gasteiger charge is -2.69. The monoisotopic (exact) mass is 696 g/mol. The van der Waals surface area contributed by atoms with E-state index in [9.17, 15) is 40.5 Å². The van der Waals surface area contributed by atoms with Gasteiger partial charge in [-0.3, -0.25) is 4.79 Å². The maximum Gasteiger partial charge on any atom is 0.302 e. The summed E-state index contributed by atoms with van der Waals surface area (Å²) < 4.78 is 18.2. The first-order valence-corrected chi connectivity index (χ1v) is 18.8. The quantitative estimate of drug-likeness (QED) is 0.139. The zero-order valence-corrected chi connectivity index (χ0v) is 30.8. The highest BCUT2D eigenvalue weighted by atomic mass is 16.7. The van der Waals surface area contributed by atoms with Crippen molar-refractivity contribution in [1.29, 1.82) is 0 Å². The Morgan fingerprint density at radius 3 is 2.24 bits per heavy atom. The Bertz CT molecular complexity index is 1250. The normalized spacial score (nSPS) is 50.6. The Hall–Kier alpha value is -0.890. The van der Waals surface area contributed by atoms with Gasteiger partial charge in [0, 0.05) is 12.3 Å². The third kappa shape index (κ3) is 5.49. The summed E-state index contributed by atoms with van der Waals surface area (Å²) in [6, 6.07) is 0. The largest absolute Gasteiger partial charge is 0.463 e. The van der Waals surface area contributed by atoms with Gasteiger partial charge in [-0.25, -0.2) is 0 Å². The van der Waals surface area contributed by atoms with Crippen LogP contribution in [0.25, 0.3) is 0 Å². The van der Waals surface area contributed by atoms with Gasteiger partial charge in [0.2, 0.25) is 0 Å². The molecular formula is C38H64O11. The van der Waals surface area contributed by atoms with E-state index in [4.69, 9.17) is 14.2 Å². The van der Waals surface area contributed by atoms with Crippen molar-refractivity contribution in [2.24, 2.45) is 50.7 Å². The Morgan fingerprint density at radius 1 is 0.939 bits per heavy atom. The van der Waals surface area contributed by atoms with Gasteiger partial charge in [-0.05, 0) is 117 Å². The molecule has 6 rings (SSSR count). The fourth-order valence-corrected chi connectivity index (χ4v) is 13.3. The van der Waals surface area contributed by atoms with Crippen LogP contribution in [0.5, 0.6) is 0 Å². The number of esters is 1. The average molecular weight is 697 g/mol. The summed E-state index contributed by atoms with van der Waals surface area (Å²) in [5.74, 6) is 0.278. The minimum absolute atomic E-state index is 0.0329. The number of aliphatic hydroxyl groups excluding tert-OH is 6. The van der Waals surface area contributed by atoms with E-state index in [1.807, 2.05) is 0 Å². The summed E-state index contributed by atoms with van der Waals surface area (Å²) in [4.78, 5) is 11.6. The van der Waals surface area contributed by atoms with Gasteiger partial charge < -0.3 is 50.0 Å². The van der Waals surface area contributed by atoms with Gasteiger partial charge >= 0.3 is 5.97 Å². The van der Waals surface area contributed by atoms with E-state index in [1.165, 1.54) is 20.8 Å². The van der Waals surface area contributed by atoms with Gasteiger partial charge in [-0.15, -0.1) is 0 Å². The van der Waals surface area contributed by atoms with Gasteiger partial charge in [0.05, 0.1) is 23.9 Å². The van der Waals surface area contributed by atoms with Crippen molar-refractivity contribution >= 4 is 5.97 Å². The highest BCUT2D eigenvalue weighted by Crippen LogP contribution is 2.91. The van der Waals surface area contributed by atoms with Gasteiger partial charge in [0.1, 0.15) is 37.1 Å². The van der Waals surface area contributed by atoms with Crippen molar-refractivity contribution in [3.05, 3.63) is 0 Å². The minimum atomic E-state index is -1.56. The molecule has 5 aliphatic carbocycles. The number of carbonyl (C=O) groups excluding carboxylic acids is 1. The van der Waals surface area contributed by atoms with Crippen LogP contribution in [0.1, 0.15) is 113 Å². The molecule has 0 spiro atoms. The zero-order chi connectivity index (χ0) is 36.3. The lowest BCUT2D eigenvalue weighted by molar-refractivity contribution is -0.344. The number of fused-ring (bicyclic) bond motifs is 3. The van der Waals surface area contributed by atoms with Crippen LogP contribution in [-0.2, 0) is 19.0 Å². The first-order valence-electron chi connectivity index (χ1n) is 18.8. The second-order valence-electron chi connectivity index (χ2n) is 18.9. The van der Waals surface area contributed by atoms with Crippen molar-refractivity contribution in [3.63, 3.8) is 0 Å². The topological polar surface area (TPSA) is 186 Å². The van der Waals surface area contributed by atoms with Crippen LogP contribution in [0.4, 0.5) is 0 Å². The van der Waals surface area contributed by atoms with E-state index < -0.39 is 66.7 Å². The van der Waals surface area contributed by atoms with E-state index >= 15 is 0 Å². The van der Waals surface area contributed by atoms with Crippen LogP contribution < -0.4 is 0 Å². The molecule has 282 valence electrons. The summed E-state index contributed by atoms with van der Waals surface area (Å²) in [5.41, 5.74) is -2.22. The molecule has 0 aromatic rings. The maximum atomic E-state index is 11.6. The fraction of sp³-hybridized carbons (Fsp3) is 0.974. The molecular weight excluding hydrogens is 632 g/mol. The standard InChI is InChI=1S/C38H64O11/c1-19(15-22(40)31(45)34(5,6)46)21-9-14-38-18-37(21,38)13-10-24-35(7)12-11-26(41)33(3,4)25(35)16-27(36(24,38)8)49-32-30(44)29(43)28(42)23(48-32)17-47-20(2)39/h19,21-32,40-46H,9-18H2,1-8H3/t19-,21?,22?,23?,24?,25?,26?,27?,28?,29?,30?,31?,32?,35+,36-,37?,38?/m0/s1. The Balaban J connectivity index is 1.34. The average Bonchev–Trinajstić information content (AvgIpc) is 3.58. The molecule has 5 saturated carbocycles. The van der Waals surface area contributed by atoms with Crippen LogP contribution in [0.15, 0.2) is 0 Å². The molecule has 11 heteroatoms. The van der Waals surface area contributed by atoms with E-state index in [0.717, 1.165) is 44.9 Å². The van der Waals surface area contributed by atoms with Gasteiger partial charge in [0.25, 0.3) is 0 Å². The Morgan fingerprint density at radius 2 is 1.61 bits per heavy atom. The zero-order valence-electron chi connectivity index (χ0n) is 30.8. The molecule has 6 fully saturated rings. The van der Waals surface area contributed by atoms with Crippen molar-refractivity contribution < 1.29 is 54.8 Å². The van der Waals surface area contributed by atoms with Gasteiger partial charge in [0.15, 0.2) is 6.29 Å². The second kappa shape index (κ2) is 12.3. The molecule has 49 heavy (non-hydrogen) atoms. The third-order valence-electron chi connectivity index (χ3n) is 15.9. The van der Waals surface area contributed by atoms with E-state index in [0.29, 0.717) is 18.8 Å². The number of rotatable bonds is 9. The molecule has 0 radical (unpaired) electrons. The van der Waals surface area contributed by atoms with Gasteiger partial charge in [-0.2, -0.15) is 0 Å². The third-order valence-corrected chi connectivity index (χ3v) is 15.9. The molecule has 1 aliphatic heterocycles. The van der Waals surface area contributed by atoms with Crippen LogP contribution in [0.3, 0.4) is 0 Å². The molecule has 17 atom stereocenters. The summed E-state index contributed by atoms with van der Waals surface area (Å²) in [5, 5.41) is 76.1. The molecule has 0 aromatic heterocycles. The first-order chi connectivity index (χ1) is 22.6. The van der Waals surface area contributed by atoms with Crippen LogP contribution in [0.2, 0.25) is 0 Å². The summed E-state index contributed by atoms with van der Waals surface area (Å²) in [7, 11) is 0. The smallest absolute Gasteiger partial charge is 0.302 e. The minimum Gasteiger partial charge on any atom is -0.463 e. The lowest BCUT2D eigenvalue weighted by Crippen LogP contribution is -2.68. The first kappa shape index (κ1) is 37.9. The molecule has 0 aromatic carbocycles. The van der Waals surface area contributed by atoms with E-state index in [-0.39, 0.29) is 51.4 Å². The van der Waals surface area contributed by atoms with Crippen molar-refractivity contribution in [3.8, 4) is 0 Å².